The van der Waals surface area contributed by atoms with Gasteiger partial charge in [-0.1, -0.05) is 53.9 Å². The third-order valence-electron chi connectivity index (χ3n) is 3.33. The largest absolute Gasteiger partial charge is 0.305 e. The van der Waals surface area contributed by atoms with Crippen LogP contribution in [0.2, 0.25) is 0 Å². The minimum absolute atomic E-state index is 0.00796. The standard InChI is InChI=1S/C14H14N2OS2/c1-8-10-12(17)15-14(18-2)16-13(10)19-11(8)9-6-4-3-5-7-9/h3-7,10,13H,1-2H3,(H,15,16,17). The predicted molar refractivity (Wildman–Crippen MR) is 83.0 cm³/mol. The van der Waals surface area contributed by atoms with Gasteiger partial charge in [0.25, 0.3) is 0 Å². The van der Waals surface area contributed by atoms with Crippen LogP contribution in [0.25, 0.3) is 4.91 Å². The van der Waals surface area contributed by atoms with Crippen LogP contribution in [0.3, 0.4) is 0 Å². The Morgan fingerprint density at radius 1 is 1.32 bits per heavy atom. The Hall–Kier alpha value is -1.20. The molecule has 1 aromatic rings. The molecule has 3 rings (SSSR count). The molecule has 3 nitrogen and oxygen atoms in total. The molecule has 2 aliphatic heterocycles. The van der Waals surface area contributed by atoms with Crippen LogP contribution in [0.15, 0.2) is 40.9 Å². The minimum atomic E-state index is -0.129. The lowest BCUT2D eigenvalue weighted by atomic mass is 9.96. The zero-order valence-corrected chi connectivity index (χ0v) is 12.3. The molecule has 0 bridgehead atoms. The molecule has 2 heterocycles. The summed E-state index contributed by atoms with van der Waals surface area (Å²) in [6, 6.07) is 10.2. The zero-order valence-electron chi connectivity index (χ0n) is 10.7. The number of aliphatic imine (C=N–C) groups is 1. The number of carbonyl (C=O) groups is 1. The summed E-state index contributed by atoms with van der Waals surface area (Å²) in [6.45, 7) is 2.04. The number of carbonyl (C=O) groups excluding carboxylic acids is 1. The molecule has 5 heteroatoms. The number of benzene rings is 1. The second kappa shape index (κ2) is 5.06. The first kappa shape index (κ1) is 12.8. The highest BCUT2D eigenvalue weighted by atomic mass is 32.2. The van der Waals surface area contributed by atoms with E-state index in [4.69, 9.17) is 0 Å². The molecular formula is C14H14N2OS2. The van der Waals surface area contributed by atoms with Crippen LogP contribution >= 0.6 is 23.5 Å². The van der Waals surface area contributed by atoms with Crippen molar-refractivity contribution in [2.75, 3.05) is 6.26 Å². The highest BCUT2D eigenvalue weighted by Gasteiger charge is 2.41. The first-order chi connectivity index (χ1) is 9.20. The lowest BCUT2D eigenvalue weighted by Gasteiger charge is -2.23. The monoisotopic (exact) mass is 290 g/mol. The Morgan fingerprint density at radius 2 is 2.05 bits per heavy atom. The highest BCUT2D eigenvalue weighted by molar-refractivity contribution is 8.13. The van der Waals surface area contributed by atoms with E-state index in [-0.39, 0.29) is 17.2 Å². The fourth-order valence-corrected chi connectivity index (χ4v) is 4.32. The van der Waals surface area contributed by atoms with Gasteiger partial charge in [0.05, 0.1) is 5.92 Å². The van der Waals surface area contributed by atoms with Crippen LogP contribution in [0.5, 0.6) is 0 Å². The van der Waals surface area contributed by atoms with Crippen LogP contribution in [0.1, 0.15) is 12.5 Å². The molecule has 0 fully saturated rings. The van der Waals surface area contributed by atoms with E-state index in [1.807, 2.05) is 31.4 Å². The molecule has 1 N–H and O–H groups in total. The SMILES string of the molecule is CSC1=NC2SC(c3ccccc3)=C(C)C2C(=O)N1. The van der Waals surface area contributed by atoms with Crippen molar-refractivity contribution in [1.29, 1.82) is 0 Å². The molecular weight excluding hydrogens is 276 g/mol. The van der Waals surface area contributed by atoms with Crippen molar-refractivity contribution >= 4 is 39.5 Å². The smallest absolute Gasteiger partial charge is 0.236 e. The predicted octanol–water partition coefficient (Wildman–Crippen LogP) is 2.96. The summed E-state index contributed by atoms with van der Waals surface area (Å²) in [7, 11) is 0. The quantitative estimate of drug-likeness (QED) is 0.864. The molecule has 0 saturated heterocycles. The van der Waals surface area contributed by atoms with E-state index >= 15 is 0 Å². The van der Waals surface area contributed by atoms with Gasteiger partial charge in [0, 0.05) is 4.91 Å². The lowest BCUT2D eigenvalue weighted by Crippen LogP contribution is -2.42. The number of nitrogens with one attached hydrogen (secondary N) is 1. The molecule has 1 aromatic carbocycles. The Balaban J connectivity index is 1.98. The maximum absolute atomic E-state index is 12.2. The van der Waals surface area contributed by atoms with Gasteiger partial charge in [-0.2, -0.15) is 0 Å². The summed E-state index contributed by atoms with van der Waals surface area (Å²) < 4.78 is 0. The molecule has 0 radical (unpaired) electrons. The van der Waals surface area contributed by atoms with E-state index in [0.29, 0.717) is 0 Å². The summed E-state index contributed by atoms with van der Waals surface area (Å²) in [4.78, 5) is 18.0. The second-order valence-corrected chi connectivity index (χ2v) is 6.41. The first-order valence-corrected chi connectivity index (χ1v) is 8.16. The van der Waals surface area contributed by atoms with Crippen molar-refractivity contribution in [2.45, 2.75) is 12.3 Å². The number of nitrogens with zero attached hydrogens (tertiary/aromatic N) is 1. The Labute approximate surface area is 121 Å². The number of thioether (sulfide) groups is 2. The Bertz CT molecular complexity index is 580. The van der Waals surface area contributed by atoms with Gasteiger partial charge >= 0.3 is 0 Å². The van der Waals surface area contributed by atoms with Crippen molar-refractivity contribution in [2.24, 2.45) is 10.9 Å². The van der Waals surface area contributed by atoms with Crippen LogP contribution in [-0.2, 0) is 4.79 Å². The van der Waals surface area contributed by atoms with E-state index in [1.165, 1.54) is 22.2 Å². The van der Waals surface area contributed by atoms with Crippen molar-refractivity contribution in [3.05, 3.63) is 41.5 Å². The van der Waals surface area contributed by atoms with Gasteiger partial charge in [0.15, 0.2) is 5.17 Å². The molecule has 0 spiro atoms. The Kier molecular flexibility index (Phi) is 3.41. The number of hydrogen-bond acceptors (Lipinski definition) is 4. The fraction of sp³-hybridized carbons (Fsp3) is 0.286. The van der Waals surface area contributed by atoms with Gasteiger partial charge < -0.3 is 5.32 Å². The zero-order chi connectivity index (χ0) is 13.4. The molecule has 2 atom stereocenters. The Morgan fingerprint density at radius 3 is 2.74 bits per heavy atom. The fourth-order valence-electron chi connectivity index (χ4n) is 2.38. The van der Waals surface area contributed by atoms with Crippen molar-refractivity contribution in [3.8, 4) is 0 Å². The van der Waals surface area contributed by atoms with Crippen LogP contribution in [0.4, 0.5) is 0 Å². The first-order valence-electron chi connectivity index (χ1n) is 6.06. The van der Waals surface area contributed by atoms with Crippen molar-refractivity contribution < 1.29 is 4.79 Å². The summed E-state index contributed by atoms with van der Waals surface area (Å²) in [5.41, 5.74) is 2.30. The number of hydrogen-bond donors (Lipinski definition) is 1. The lowest BCUT2D eigenvalue weighted by molar-refractivity contribution is -0.122. The van der Waals surface area contributed by atoms with Gasteiger partial charge in [0.2, 0.25) is 5.91 Å². The average Bonchev–Trinajstić information content (AvgIpc) is 2.77. The molecule has 0 saturated carbocycles. The van der Waals surface area contributed by atoms with Gasteiger partial charge in [-0.3, -0.25) is 4.79 Å². The molecule has 0 aliphatic carbocycles. The van der Waals surface area contributed by atoms with Gasteiger partial charge in [-0.05, 0) is 24.3 Å². The summed E-state index contributed by atoms with van der Waals surface area (Å²) in [5, 5.41) is 3.58. The molecule has 2 unspecified atom stereocenters. The van der Waals surface area contributed by atoms with Crippen LogP contribution in [-0.4, -0.2) is 22.7 Å². The summed E-state index contributed by atoms with van der Waals surface area (Å²) in [6.07, 6.45) is 1.93. The molecule has 19 heavy (non-hydrogen) atoms. The minimum Gasteiger partial charge on any atom is -0.305 e. The molecule has 0 aromatic heterocycles. The van der Waals surface area contributed by atoms with E-state index < -0.39 is 0 Å². The third-order valence-corrected chi connectivity index (χ3v) is 5.34. The average molecular weight is 290 g/mol. The van der Waals surface area contributed by atoms with E-state index in [1.54, 1.807) is 11.8 Å². The molecule has 98 valence electrons. The normalized spacial score (nSPS) is 26.0. The number of fused-ring (bicyclic) bond motifs is 1. The summed E-state index contributed by atoms with van der Waals surface area (Å²) in [5.74, 6) is -0.0589. The summed E-state index contributed by atoms with van der Waals surface area (Å²) >= 11 is 3.18. The second-order valence-electron chi connectivity index (χ2n) is 4.49. The van der Waals surface area contributed by atoms with E-state index in [0.717, 1.165) is 10.7 Å². The van der Waals surface area contributed by atoms with E-state index in [2.05, 4.69) is 22.4 Å². The van der Waals surface area contributed by atoms with Crippen LogP contribution in [0, 0.1) is 5.92 Å². The number of rotatable bonds is 1. The molecule has 1 amide bonds. The highest BCUT2D eigenvalue weighted by Crippen LogP contribution is 2.48. The number of amides is 1. The third kappa shape index (κ3) is 2.21. The van der Waals surface area contributed by atoms with Crippen molar-refractivity contribution in [1.82, 2.24) is 5.32 Å². The van der Waals surface area contributed by atoms with Gasteiger partial charge in [0.1, 0.15) is 5.37 Å². The van der Waals surface area contributed by atoms with Gasteiger partial charge in [-0.15, -0.1) is 0 Å². The van der Waals surface area contributed by atoms with Gasteiger partial charge in [-0.25, -0.2) is 4.99 Å². The van der Waals surface area contributed by atoms with Crippen LogP contribution < -0.4 is 5.32 Å². The maximum atomic E-state index is 12.2. The van der Waals surface area contributed by atoms with E-state index in [9.17, 15) is 4.79 Å². The topological polar surface area (TPSA) is 41.5 Å². The molecule has 2 aliphatic rings. The van der Waals surface area contributed by atoms with Crippen molar-refractivity contribution in [3.63, 3.8) is 0 Å². The maximum Gasteiger partial charge on any atom is 0.236 e. The number of amidine groups is 1.